The average molecular weight is 898 g/mol. The first-order valence-corrected chi connectivity index (χ1v) is 22.2. The van der Waals surface area contributed by atoms with Gasteiger partial charge in [0.15, 0.2) is 23.3 Å². The maximum absolute atomic E-state index is 14.9. The Hall–Kier alpha value is -5.08. The molecule has 4 amide bonds. The number of ether oxygens (including phenoxy) is 3. The molecule has 4 aromatic rings. The van der Waals surface area contributed by atoms with Gasteiger partial charge in [-0.1, -0.05) is 45.0 Å². The number of halogens is 2. The standard InChI is InChI=1S/C43H53F2N7O8S2/c1-26-38(62-25-48-26)28-8-6-27(7-9-28)12-14-47-40(56)33-20-29(53)21-52(33)41(57)39(43(2,3)4)50-35(55)22-59-17-5-13-46-34(54)23-60-37-30(10-11-31(44)36(37)45)32-24-61-42(49-32)51-15-18-58-19-16-51/h6-11,24-25,29,33,39,53H,5,12-23H2,1-4H3,(H,46,54)(H,47,56)(H,50,55)/t29-,33-,39+/m0/s1. The number of benzene rings is 2. The second kappa shape index (κ2) is 21.3. The summed E-state index contributed by atoms with van der Waals surface area (Å²) in [6.45, 7) is 9.33. The molecule has 4 N–H and O–H groups in total. The number of nitrogens with zero attached hydrogens (tertiary/aromatic N) is 4. The minimum absolute atomic E-state index is 0.0502. The molecule has 0 aliphatic carbocycles. The third-order valence-electron chi connectivity index (χ3n) is 10.4. The number of morpholine rings is 1. The highest BCUT2D eigenvalue weighted by atomic mass is 32.1. The highest BCUT2D eigenvalue weighted by Gasteiger charge is 2.44. The lowest BCUT2D eigenvalue weighted by Gasteiger charge is -2.35. The second-order valence-corrected chi connectivity index (χ2v) is 17.9. The van der Waals surface area contributed by atoms with Crippen LogP contribution < -0.4 is 25.6 Å². The van der Waals surface area contributed by atoms with E-state index in [2.05, 4.69) is 25.9 Å². The summed E-state index contributed by atoms with van der Waals surface area (Å²) in [7, 11) is 0. The van der Waals surface area contributed by atoms with E-state index in [4.69, 9.17) is 14.2 Å². The predicted molar refractivity (Wildman–Crippen MR) is 231 cm³/mol. The Bertz CT molecular complexity index is 2170. The van der Waals surface area contributed by atoms with Crippen molar-refractivity contribution in [2.75, 3.05) is 70.7 Å². The van der Waals surface area contributed by atoms with Crippen LogP contribution in [0.1, 0.15) is 44.9 Å². The van der Waals surface area contributed by atoms with Crippen LogP contribution in [0.2, 0.25) is 0 Å². The summed E-state index contributed by atoms with van der Waals surface area (Å²) in [4.78, 5) is 66.2. The summed E-state index contributed by atoms with van der Waals surface area (Å²) < 4.78 is 45.5. The van der Waals surface area contributed by atoms with Gasteiger partial charge in [0.2, 0.25) is 23.5 Å². The fourth-order valence-corrected chi connectivity index (χ4v) is 8.78. The van der Waals surface area contributed by atoms with E-state index in [1.165, 1.54) is 22.3 Å². The molecule has 6 rings (SSSR count). The monoisotopic (exact) mass is 897 g/mol. The molecular formula is C43H53F2N7O8S2. The number of β-amino-alcohol motifs (C(OH)–C–C–N with tert-alkyl or cyclic N) is 1. The molecule has 0 spiro atoms. The van der Waals surface area contributed by atoms with Crippen molar-refractivity contribution in [3.8, 4) is 27.4 Å². The van der Waals surface area contributed by atoms with Gasteiger partial charge >= 0.3 is 0 Å². The molecule has 4 heterocycles. The van der Waals surface area contributed by atoms with Crippen LogP contribution in [0.4, 0.5) is 13.9 Å². The zero-order valence-corrected chi connectivity index (χ0v) is 36.8. The third-order valence-corrected chi connectivity index (χ3v) is 12.3. The Morgan fingerprint density at radius 3 is 2.47 bits per heavy atom. The van der Waals surface area contributed by atoms with Gasteiger partial charge in [0.25, 0.3) is 5.91 Å². The first kappa shape index (κ1) is 46.4. The van der Waals surface area contributed by atoms with Crippen LogP contribution in [0.15, 0.2) is 47.3 Å². The zero-order chi connectivity index (χ0) is 44.4. The number of amides is 4. The Labute approximate surface area is 367 Å². The molecule has 2 aromatic heterocycles. The predicted octanol–water partition coefficient (Wildman–Crippen LogP) is 4.11. The van der Waals surface area contributed by atoms with Crippen molar-refractivity contribution >= 4 is 51.4 Å². The molecular weight excluding hydrogens is 845 g/mol. The summed E-state index contributed by atoms with van der Waals surface area (Å²) in [5.41, 5.74) is 4.75. The molecule has 2 aliphatic heterocycles. The maximum Gasteiger partial charge on any atom is 0.257 e. The van der Waals surface area contributed by atoms with Gasteiger partial charge in [0.1, 0.15) is 18.7 Å². The number of aryl methyl sites for hydroxylation is 1. The van der Waals surface area contributed by atoms with E-state index < -0.39 is 65.3 Å². The highest BCUT2D eigenvalue weighted by Crippen LogP contribution is 2.36. The number of aliphatic hydroxyl groups excluding tert-OH is 1. The Kier molecular flexibility index (Phi) is 16.0. The highest BCUT2D eigenvalue weighted by molar-refractivity contribution is 7.14. The van der Waals surface area contributed by atoms with E-state index in [1.54, 1.807) is 37.5 Å². The van der Waals surface area contributed by atoms with Gasteiger partial charge in [-0.3, -0.25) is 19.2 Å². The SMILES string of the molecule is Cc1ncsc1-c1ccc(CCNC(=O)[C@@H]2C[C@H](O)CN2C(=O)[C@@H](NC(=O)COCCCNC(=O)COc2c(-c3csc(N4CCOCC4)n3)ccc(F)c2F)C(C)(C)C)cc1. The van der Waals surface area contributed by atoms with Crippen molar-refractivity contribution in [3.05, 3.63) is 70.2 Å². The number of thiazole rings is 2. The van der Waals surface area contributed by atoms with Crippen molar-refractivity contribution in [1.29, 1.82) is 0 Å². The molecule has 3 atom stereocenters. The quantitative estimate of drug-likeness (QED) is 0.106. The molecule has 19 heteroatoms. The molecule has 2 fully saturated rings. The summed E-state index contributed by atoms with van der Waals surface area (Å²) in [5, 5.41) is 21.2. The minimum atomic E-state index is -1.23. The number of hydrogen-bond donors (Lipinski definition) is 4. The normalized spacial score (nSPS) is 17.1. The van der Waals surface area contributed by atoms with Gasteiger partial charge in [-0.25, -0.2) is 14.4 Å². The van der Waals surface area contributed by atoms with Gasteiger partial charge < -0.3 is 45.1 Å². The summed E-state index contributed by atoms with van der Waals surface area (Å²) in [5.74, 6) is -4.78. The van der Waals surface area contributed by atoms with Crippen LogP contribution in [0.3, 0.4) is 0 Å². The Morgan fingerprint density at radius 1 is 1.00 bits per heavy atom. The van der Waals surface area contributed by atoms with Crippen molar-refractivity contribution in [3.63, 3.8) is 0 Å². The number of rotatable bonds is 18. The molecule has 0 saturated carbocycles. The third kappa shape index (κ3) is 12.1. The zero-order valence-electron chi connectivity index (χ0n) is 35.2. The fourth-order valence-electron chi connectivity index (χ4n) is 7.09. The Balaban J connectivity index is 0.917. The second-order valence-electron chi connectivity index (χ2n) is 16.2. The number of hydrogen-bond acceptors (Lipinski definition) is 13. The number of carbonyl (C=O) groups excluding carboxylic acids is 4. The van der Waals surface area contributed by atoms with E-state index in [1.807, 2.05) is 41.6 Å². The maximum atomic E-state index is 14.9. The lowest BCUT2D eigenvalue weighted by Crippen LogP contribution is -2.58. The van der Waals surface area contributed by atoms with E-state index in [0.717, 1.165) is 27.8 Å². The molecule has 2 saturated heterocycles. The van der Waals surface area contributed by atoms with Crippen molar-refractivity contribution in [1.82, 2.24) is 30.8 Å². The van der Waals surface area contributed by atoms with Gasteiger partial charge in [-0.15, -0.1) is 22.7 Å². The molecule has 334 valence electrons. The molecule has 62 heavy (non-hydrogen) atoms. The number of aliphatic hydroxyl groups is 1. The van der Waals surface area contributed by atoms with Crippen molar-refractivity contribution < 1.29 is 47.3 Å². The number of carbonyl (C=O) groups is 4. The molecule has 0 unspecified atom stereocenters. The van der Waals surface area contributed by atoms with Crippen molar-refractivity contribution in [2.24, 2.45) is 5.41 Å². The molecule has 15 nitrogen and oxygen atoms in total. The molecule has 2 aromatic carbocycles. The van der Waals surface area contributed by atoms with Crippen LogP contribution in [0, 0.1) is 24.0 Å². The van der Waals surface area contributed by atoms with Crippen LogP contribution in [0.5, 0.6) is 5.75 Å². The fraction of sp³-hybridized carbons (Fsp3) is 0.488. The Morgan fingerprint density at radius 2 is 1.76 bits per heavy atom. The van der Waals surface area contributed by atoms with Crippen LogP contribution in [0.25, 0.3) is 21.7 Å². The minimum Gasteiger partial charge on any atom is -0.480 e. The number of nitrogens with one attached hydrogen (secondary N) is 3. The lowest BCUT2D eigenvalue weighted by atomic mass is 9.85. The van der Waals surface area contributed by atoms with E-state index in [9.17, 15) is 33.1 Å². The van der Waals surface area contributed by atoms with E-state index in [-0.39, 0.29) is 44.2 Å². The summed E-state index contributed by atoms with van der Waals surface area (Å²) >= 11 is 2.94. The topological polar surface area (TPSA) is 185 Å². The average Bonchev–Trinajstić information content (AvgIpc) is 4.02. The lowest BCUT2D eigenvalue weighted by molar-refractivity contribution is -0.144. The van der Waals surface area contributed by atoms with Gasteiger partial charge in [-0.2, -0.15) is 4.39 Å². The van der Waals surface area contributed by atoms with Crippen LogP contribution >= 0.6 is 22.7 Å². The number of likely N-dealkylation sites (tertiary alicyclic amines) is 1. The van der Waals surface area contributed by atoms with E-state index >= 15 is 0 Å². The first-order valence-electron chi connectivity index (χ1n) is 20.5. The smallest absolute Gasteiger partial charge is 0.257 e. The van der Waals surface area contributed by atoms with E-state index in [0.29, 0.717) is 56.5 Å². The first-order chi connectivity index (χ1) is 29.7. The summed E-state index contributed by atoms with van der Waals surface area (Å²) in [6, 6.07) is 8.48. The largest absolute Gasteiger partial charge is 0.480 e. The number of anilines is 1. The van der Waals surface area contributed by atoms with Gasteiger partial charge in [0, 0.05) is 56.7 Å². The number of aromatic nitrogens is 2. The molecule has 0 radical (unpaired) electrons. The molecule has 0 bridgehead atoms. The van der Waals surface area contributed by atoms with Crippen LogP contribution in [-0.4, -0.2) is 128 Å². The van der Waals surface area contributed by atoms with Gasteiger partial charge in [0.05, 0.1) is 41.1 Å². The molecule has 2 aliphatic rings. The van der Waals surface area contributed by atoms with Crippen molar-refractivity contribution in [2.45, 2.75) is 65.1 Å². The van der Waals surface area contributed by atoms with Crippen LogP contribution in [-0.2, 0) is 35.1 Å². The van der Waals surface area contributed by atoms with Gasteiger partial charge in [-0.05, 0) is 48.4 Å². The summed E-state index contributed by atoms with van der Waals surface area (Å²) in [6.07, 6.45) is 0.0524.